The minimum atomic E-state index is -0.441. The molecule has 108 valence electrons. The zero-order chi connectivity index (χ0) is 14.5. The molecule has 1 aliphatic rings. The van der Waals surface area contributed by atoms with E-state index in [0.717, 1.165) is 31.6 Å². The largest absolute Gasteiger partial charge is 0.363 e. The third-order valence-electron chi connectivity index (χ3n) is 3.26. The average Bonchev–Trinajstić information content (AvgIpc) is 2.60. The third-order valence-corrected chi connectivity index (χ3v) is 3.89. The van der Waals surface area contributed by atoms with E-state index in [9.17, 15) is 4.79 Å². The number of amides is 2. The molecule has 0 bridgehead atoms. The molecular formula is C14H17Cl2N3O. The second-order valence-electron chi connectivity index (χ2n) is 4.79. The molecule has 1 heterocycles. The van der Waals surface area contributed by atoms with Gasteiger partial charge in [0.05, 0.1) is 15.7 Å². The second-order valence-corrected chi connectivity index (χ2v) is 5.60. The minimum absolute atomic E-state index is 0.403. The minimum Gasteiger partial charge on any atom is -0.363 e. The highest BCUT2D eigenvalue weighted by molar-refractivity contribution is 6.39. The molecule has 1 aromatic carbocycles. The third kappa shape index (κ3) is 3.87. The van der Waals surface area contributed by atoms with Crippen LogP contribution in [0.1, 0.15) is 25.7 Å². The van der Waals surface area contributed by atoms with Gasteiger partial charge in [0.25, 0.3) is 0 Å². The number of benzene rings is 1. The SMILES string of the molecule is CN1CCCCCC1=NC(=O)Nc1c(Cl)cccc1Cl. The zero-order valence-corrected chi connectivity index (χ0v) is 12.8. The summed E-state index contributed by atoms with van der Waals surface area (Å²) in [6, 6.07) is 4.64. The van der Waals surface area contributed by atoms with Crippen LogP contribution in [-0.4, -0.2) is 30.4 Å². The number of carbonyl (C=O) groups excluding carboxylic acids is 1. The molecular weight excluding hydrogens is 297 g/mol. The molecule has 0 aliphatic carbocycles. The van der Waals surface area contributed by atoms with Crippen LogP contribution in [0.15, 0.2) is 23.2 Å². The first kappa shape index (κ1) is 15.1. The van der Waals surface area contributed by atoms with E-state index in [1.165, 1.54) is 6.42 Å². The van der Waals surface area contributed by atoms with Crippen LogP contribution >= 0.6 is 23.2 Å². The maximum absolute atomic E-state index is 12.0. The van der Waals surface area contributed by atoms with Gasteiger partial charge in [-0.25, -0.2) is 4.79 Å². The standard InChI is InChI=1S/C14H17Cl2N3O/c1-19-9-4-2-3-8-12(19)17-14(20)18-13-10(15)6-5-7-11(13)16/h5-7H,2-4,8-9H2,1H3,(H,18,20). The number of hydrogen-bond acceptors (Lipinski definition) is 1. The van der Waals surface area contributed by atoms with E-state index < -0.39 is 6.03 Å². The molecule has 1 aromatic rings. The van der Waals surface area contributed by atoms with E-state index in [2.05, 4.69) is 10.3 Å². The van der Waals surface area contributed by atoms with Crippen molar-refractivity contribution in [2.24, 2.45) is 4.99 Å². The molecule has 6 heteroatoms. The Morgan fingerprint density at radius 2 is 1.95 bits per heavy atom. The molecule has 0 saturated carbocycles. The lowest BCUT2D eigenvalue weighted by molar-refractivity contribution is 0.259. The van der Waals surface area contributed by atoms with Crippen LogP contribution in [0.3, 0.4) is 0 Å². The number of amidine groups is 1. The van der Waals surface area contributed by atoms with Crippen molar-refractivity contribution >= 4 is 40.8 Å². The number of aliphatic imine (C=N–C) groups is 1. The van der Waals surface area contributed by atoms with E-state index in [0.29, 0.717) is 15.7 Å². The predicted octanol–water partition coefficient (Wildman–Crippen LogP) is 4.43. The summed E-state index contributed by atoms with van der Waals surface area (Å²) in [4.78, 5) is 18.2. The number of halogens is 2. The molecule has 2 amide bonds. The van der Waals surface area contributed by atoms with Crippen LogP contribution in [0.4, 0.5) is 10.5 Å². The molecule has 0 aromatic heterocycles. The molecule has 1 N–H and O–H groups in total. The Balaban J connectivity index is 2.12. The first-order chi connectivity index (χ1) is 9.58. The highest BCUT2D eigenvalue weighted by Crippen LogP contribution is 2.29. The average molecular weight is 314 g/mol. The Morgan fingerprint density at radius 3 is 2.65 bits per heavy atom. The number of nitrogens with zero attached hydrogens (tertiary/aromatic N) is 2. The monoisotopic (exact) mass is 313 g/mol. The van der Waals surface area contributed by atoms with Crippen molar-refractivity contribution in [3.63, 3.8) is 0 Å². The normalized spacial score (nSPS) is 17.9. The lowest BCUT2D eigenvalue weighted by Gasteiger charge is -2.17. The van der Waals surface area contributed by atoms with Gasteiger partial charge < -0.3 is 10.2 Å². The molecule has 1 saturated heterocycles. The molecule has 2 rings (SSSR count). The van der Waals surface area contributed by atoms with Crippen LogP contribution in [0, 0.1) is 0 Å². The van der Waals surface area contributed by atoms with Gasteiger partial charge in [-0.15, -0.1) is 0 Å². The van der Waals surface area contributed by atoms with Crippen molar-refractivity contribution < 1.29 is 4.79 Å². The summed E-state index contributed by atoms with van der Waals surface area (Å²) >= 11 is 12.0. The smallest absolute Gasteiger partial charge is 0.347 e. The summed E-state index contributed by atoms with van der Waals surface area (Å²) in [6.07, 6.45) is 4.18. The highest BCUT2D eigenvalue weighted by atomic mass is 35.5. The molecule has 20 heavy (non-hydrogen) atoms. The topological polar surface area (TPSA) is 44.7 Å². The number of urea groups is 1. The van der Waals surface area contributed by atoms with Crippen LogP contribution in [-0.2, 0) is 0 Å². The van der Waals surface area contributed by atoms with Crippen molar-refractivity contribution in [1.82, 2.24) is 4.90 Å². The molecule has 0 atom stereocenters. The fraction of sp³-hybridized carbons (Fsp3) is 0.429. The molecule has 4 nitrogen and oxygen atoms in total. The number of carbonyl (C=O) groups is 1. The van der Waals surface area contributed by atoms with Crippen LogP contribution in [0.2, 0.25) is 10.0 Å². The Bertz CT molecular complexity index is 511. The number of anilines is 1. The summed E-state index contributed by atoms with van der Waals surface area (Å²) in [7, 11) is 1.96. The number of nitrogens with one attached hydrogen (secondary N) is 1. The molecule has 0 radical (unpaired) electrons. The predicted molar refractivity (Wildman–Crippen MR) is 84.0 cm³/mol. The number of hydrogen-bond donors (Lipinski definition) is 1. The van der Waals surface area contributed by atoms with E-state index in [1.54, 1.807) is 18.2 Å². The number of para-hydroxylation sites is 1. The molecule has 1 aliphatic heterocycles. The van der Waals surface area contributed by atoms with Crippen LogP contribution in [0.5, 0.6) is 0 Å². The fourth-order valence-corrected chi connectivity index (χ4v) is 2.63. The lowest BCUT2D eigenvalue weighted by Crippen LogP contribution is -2.27. The van der Waals surface area contributed by atoms with Crippen molar-refractivity contribution in [3.8, 4) is 0 Å². The number of rotatable bonds is 1. The lowest BCUT2D eigenvalue weighted by atomic mass is 10.2. The van der Waals surface area contributed by atoms with Gasteiger partial charge in [0.1, 0.15) is 5.84 Å². The van der Waals surface area contributed by atoms with Gasteiger partial charge >= 0.3 is 6.03 Å². The van der Waals surface area contributed by atoms with Crippen molar-refractivity contribution in [1.29, 1.82) is 0 Å². The van der Waals surface area contributed by atoms with Gasteiger partial charge in [-0.05, 0) is 25.0 Å². The van der Waals surface area contributed by atoms with E-state index in [4.69, 9.17) is 23.2 Å². The van der Waals surface area contributed by atoms with E-state index >= 15 is 0 Å². The second kappa shape index (κ2) is 6.95. The Hall–Kier alpha value is -1.26. The summed E-state index contributed by atoms with van der Waals surface area (Å²) in [5.74, 6) is 0.808. The highest BCUT2D eigenvalue weighted by Gasteiger charge is 2.14. The maximum Gasteiger partial charge on any atom is 0.347 e. The van der Waals surface area contributed by atoms with Gasteiger partial charge in [-0.2, -0.15) is 4.99 Å². The molecule has 0 unspecified atom stereocenters. The number of likely N-dealkylation sites (tertiary alicyclic amines) is 1. The first-order valence-corrected chi connectivity index (χ1v) is 7.37. The van der Waals surface area contributed by atoms with Gasteiger partial charge in [0, 0.05) is 20.0 Å². The van der Waals surface area contributed by atoms with E-state index in [-0.39, 0.29) is 0 Å². The Kier molecular flexibility index (Phi) is 5.26. The Labute approximate surface area is 128 Å². The zero-order valence-electron chi connectivity index (χ0n) is 11.3. The van der Waals surface area contributed by atoms with Gasteiger partial charge in [-0.1, -0.05) is 35.7 Å². The van der Waals surface area contributed by atoms with Gasteiger partial charge in [0.15, 0.2) is 0 Å². The molecule has 1 fully saturated rings. The summed E-state index contributed by atoms with van der Waals surface area (Å²) < 4.78 is 0. The van der Waals surface area contributed by atoms with Gasteiger partial charge in [-0.3, -0.25) is 0 Å². The van der Waals surface area contributed by atoms with Crippen molar-refractivity contribution in [2.45, 2.75) is 25.7 Å². The first-order valence-electron chi connectivity index (χ1n) is 6.61. The summed E-state index contributed by atoms with van der Waals surface area (Å²) in [5.41, 5.74) is 0.404. The van der Waals surface area contributed by atoms with Crippen molar-refractivity contribution in [3.05, 3.63) is 28.2 Å². The maximum atomic E-state index is 12.0. The van der Waals surface area contributed by atoms with Crippen molar-refractivity contribution in [2.75, 3.05) is 18.9 Å². The van der Waals surface area contributed by atoms with Crippen LogP contribution < -0.4 is 5.32 Å². The van der Waals surface area contributed by atoms with E-state index in [1.807, 2.05) is 11.9 Å². The quantitative estimate of drug-likeness (QED) is 0.833. The summed E-state index contributed by atoms with van der Waals surface area (Å²) in [6.45, 7) is 0.930. The summed E-state index contributed by atoms with van der Waals surface area (Å²) in [5, 5.41) is 3.46. The molecule has 0 spiro atoms. The van der Waals surface area contributed by atoms with Crippen LogP contribution in [0.25, 0.3) is 0 Å². The van der Waals surface area contributed by atoms with Gasteiger partial charge in [0.2, 0.25) is 0 Å². The Morgan fingerprint density at radius 1 is 1.25 bits per heavy atom. The fourth-order valence-electron chi connectivity index (χ4n) is 2.14.